The molecule has 172 valence electrons. The van der Waals surface area contributed by atoms with E-state index in [0.29, 0.717) is 44.7 Å². The molecule has 1 unspecified atom stereocenters. The highest BCUT2D eigenvalue weighted by atomic mass is 127. The van der Waals surface area contributed by atoms with Crippen LogP contribution in [-0.2, 0) is 21.4 Å². The minimum Gasteiger partial charge on any atom is -0.376 e. The summed E-state index contributed by atoms with van der Waals surface area (Å²) in [7, 11) is -3.25. The maximum absolute atomic E-state index is 12.1. The van der Waals surface area contributed by atoms with E-state index in [1.807, 2.05) is 37.3 Å². The van der Waals surface area contributed by atoms with Crippen LogP contribution in [-0.4, -0.2) is 52.9 Å². The smallest absolute Gasteiger partial charge is 0.213 e. The molecule has 0 spiro atoms. The minimum atomic E-state index is -3.25. The molecule has 0 heterocycles. The van der Waals surface area contributed by atoms with E-state index in [9.17, 15) is 8.42 Å². The van der Waals surface area contributed by atoms with Gasteiger partial charge in [-0.3, -0.25) is 4.99 Å². The van der Waals surface area contributed by atoms with Gasteiger partial charge in [-0.25, -0.2) is 13.1 Å². The maximum atomic E-state index is 12.1. The van der Waals surface area contributed by atoms with Crippen molar-refractivity contribution in [2.75, 3.05) is 38.5 Å². The molecule has 0 amide bonds. The lowest BCUT2D eigenvalue weighted by Crippen LogP contribution is -2.42. The van der Waals surface area contributed by atoms with Crippen molar-refractivity contribution < 1.29 is 13.2 Å². The van der Waals surface area contributed by atoms with Crippen LogP contribution in [0.5, 0.6) is 0 Å². The highest BCUT2D eigenvalue weighted by Gasteiger charge is 2.20. The van der Waals surface area contributed by atoms with Gasteiger partial charge in [0.1, 0.15) is 0 Å². The van der Waals surface area contributed by atoms with Crippen molar-refractivity contribution >= 4 is 40.0 Å². The third kappa shape index (κ3) is 11.5. The molecule has 1 aromatic rings. The fourth-order valence-corrected chi connectivity index (χ4v) is 3.92. The Bertz CT molecular complexity index is 712. The largest absolute Gasteiger partial charge is 0.376 e. The number of aliphatic imine (C=N–C) groups is 1. The Morgan fingerprint density at radius 1 is 1.23 bits per heavy atom. The van der Waals surface area contributed by atoms with Crippen LogP contribution < -0.4 is 15.4 Å². The number of sulfonamides is 1. The summed E-state index contributed by atoms with van der Waals surface area (Å²) in [6.45, 7) is 7.51. The summed E-state index contributed by atoms with van der Waals surface area (Å²) in [5.74, 6) is 1.46. The summed E-state index contributed by atoms with van der Waals surface area (Å²) in [5.41, 5.74) is 1.16. The quantitative estimate of drug-likeness (QED) is 0.199. The van der Waals surface area contributed by atoms with Crippen molar-refractivity contribution in [2.24, 2.45) is 16.8 Å². The van der Waals surface area contributed by atoms with Crippen LogP contribution in [0.3, 0.4) is 0 Å². The van der Waals surface area contributed by atoms with Gasteiger partial charge in [0.15, 0.2) is 5.96 Å². The van der Waals surface area contributed by atoms with Gasteiger partial charge in [-0.15, -0.1) is 24.0 Å². The number of nitrogens with one attached hydrogen (secondary N) is 3. The Labute approximate surface area is 198 Å². The van der Waals surface area contributed by atoms with Crippen molar-refractivity contribution in [3.05, 3.63) is 35.9 Å². The number of ether oxygens (including phenoxy) is 1. The molecule has 7 nitrogen and oxygen atoms in total. The van der Waals surface area contributed by atoms with E-state index in [1.54, 1.807) is 0 Å². The number of hydrogen-bond acceptors (Lipinski definition) is 4. The Hall–Kier alpha value is -0.910. The zero-order valence-corrected chi connectivity index (χ0v) is 21.2. The van der Waals surface area contributed by atoms with Crippen molar-refractivity contribution in [1.29, 1.82) is 0 Å². The van der Waals surface area contributed by atoms with E-state index in [1.165, 1.54) is 6.42 Å². The van der Waals surface area contributed by atoms with E-state index in [2.05, 4.69) is 27.3 Å². The fraction of sp³-hybridized carbons (Fsp3) is 0.667. The van der Waals surface area contributed by atoms with Crippen LogP contribution in [0.4, 0.5) is 0 Å². The topological polar surface area (TPSA) is 91.8 Å². The normalized spacial score (nSPS) is 15.7. The van der Waals surface area contributed by atoms with E-state index < -0.39 is 10.0 Å². The molecule has 30 heavy (non-hydrogen) atoms. The first-order valence-corrected chi connectivity index (χ1v) is 12.2. The number of hydrogen-bond donors (Lipinski definition) is 3. The van der Waals surface area contributed by atoms with Gasteiger partial charge in [0.25, 0.3) is 0 Å². The van der Waals surface area contributed by atoms with Crippen molar-refractivity contribution in [3.63, 3.8) is 0 Å². The lowest BCUT2D eigenvalue weighted by atomic mass is 9.86. The molecule has 0 saturated heterocycles. The molecule has 0 radical (unpaired) electrons. The third-order valence-electron chi connectivity index (χ3n) is 4.90. The first kappa shape index (κ1) is 27.1. The Kier molecular flexibility index (Phi) is 13.5. The maximum Gasteiger partial charge on any atom is 0.213 e. The zero-order chi connectivity index (χ0) is 21.0. The lowest BCUT2D eigenvalue weighted by molar-refractivity contribution is 0.0945. The van der Waals surface area contributed by atoms with Crippen molar-refractivity contribution in [1.82, 2.24) is 15.4 Å². The van der Waals surface area contributed by atoms with Gasteiger partial charge in [0, 0.05) is 26.2 Å². The van der Waals surface area contributed by atoms with E-state index in [4.69, 9.17) is 4.74 Å². The number of rotatable bonds is 13. The molecule has 0 aliphatic heterocycles. The molecule has 1 fully saturated rings. The first-order chi connectivity index (χ1) is 14.0. The van der Waals surface area contributed by atoms with Crippen molar-refractivity contribution in [3.8, 4) is 0 Å². The molecule has 9 heteroatoms. The number of benzene rings is 1. The van der Waals surface area contributed by atoms with Crippen LogP contribution in [0.2, 0.25) is 0 Å². The zero-order valence-electron chi connectivity index (χ0n) is 18.1. The van der Waals surface area contributed by atoms with Gasteiger partial charge in [-0.2, -0.15) is 0 Å². The highest BCUT2D eigenvalue weighted by Crippen LogP contribution is 2.25. The number of guanidine groups is 1. The van der Waals surface area contributed by atoms with Crippen LogP contribution in [0.25, 0.3) is 0 Å². The Balaban J connectivity index is 0.00000450. The standard InChI is InChI=1S/C21H36N4O3S.HI/c1-3-22-21(23-12-13-29(26,27)25-15-19-10-7-11-19)24-14-18(2)16-28-17-20-8-5-4-6-9-20;/h4-6,8-9,18-19,25H,3,7,10-17H2,1-2H3,(H2,22,23,24);1H. The van der Waals surface area contributed by atoms with Gasteiger partial charge in [0.05, 0.1) is 19.0 Å². The summed E-state index contributed by atoms with van der Waals surface area (Å²) in [4.78, 5) is 4.55. The molecule has 1 aromatic carbocycles. The molecule has 1 aliphatic carbocycles. The van der Waals surface area contributed by atoms with Crippen molar-refractivity contribution in [2.45, 2.75) is 39.7 Å². The summed E-state index contributed by atoms with van der Waals surface area (Å²) in [5, 5.41) is 6.27. The van der Waals surface area contributed by atoms with Gasteiger partial charge in [-0.05, 0) is 37.2 Å². The van der Waals surface area contributed by atoms with Crippen LogP contribution in [0.15, 0.2) is 35.3 Å². The Morgan fingerprint density at radius 3 is 2.60 bits per heavy atom. The molecular weight excluding hydrogens is 515 g/mol. The van der Waals surface area contributed by atoms with Gasteiger partial charge >= 0.3 is 0 Å². The number of nitrogens with zero attached hydrogens (tertiary/aromatic N) is 1. The van der Waals surface area contributed by atoms with Gasteiger partial charge in [-0.1, -0.05) is 43.7 Å². The fourth-order valence-electron chi connectivity index (χ4n) is 2.91. The van der Waals surface area contributed by atoms with Gasteiger partial charge < -0.3 is 15.4 Å². The summed E-state index contributed by atoms with van der Waals surface area (Å²) in [6, 6.07) is 10.1. The summed E-state index contributed by atoms with van der Waals surface area (Å²) in [6.07, 6.45) is 3.47. The monoisotopic (exact) mass is 552 g/mol. The molecule has 2 rings (SSSR count). The molecule has 3 N–H and O–H groups in total. The average Bonchev–Trinajstić information content (AvgIpc) is 2.65. The van der Waals surface area contributed by atoms with Crippen LogP contribution in [0, 0.1) is 11.8 Å². The molecule has 1 aliphatic rings. The second-order valence-corrected chi connectivity index (χ2v) is 9.64. The van der Waals surface area contributed by atoms with E-state index >= 15 is 0 Å². The second-order valence-electron chi connectivity index (χ2n) is 7.72. The minimum absolute atomic E-state index is 0. The average molecular weight is 553 g/mol. The van der Waals surface area contributed by atoms with Gasteiger partial charge in [0.2, 0.25) is 10.0 Å². The molecular formula is C21H37IN4O3S. The summed E-state index contributed by atoms with van der Waals surface area (Å²) < 4.78 is 32.6. The lowest BCUT2D eigenvalue weighted by Gasteiger charge is -2.25. The molecule has 0 bridgehead atoms. The molecule has 1 atom stereocenters. The van der Waals surface area contributed by atoms with E-state index in [-0.39, 0.29) is 35.6 Å². The predicted molar refractivity (Wildman–Crippen MR) is 134 cm³/mol. The second kappa shape index (κ2) is 15.0. The molecule has 0 aromatic heterocycles. The molecule has 1 saturated carbocycles. The number of halogens is 1. The third-order valence-corrected chi connectivity index (χ3v) is 6.25. The summed E-state index contributed by atoms with van der Waals surface area (Å²) >= 11 is 0. The van der Waals surface area contributed by atoms with Crippen LogP contribution >= 0.6 is 24.0 Å². The SMILES string of the molecule is CCNC(=NCC(C)COCc1ccccc1)NCCS(=O)(=O)NCC1CCC1.I. The van der Waals surface area contributed by atoms with E-state index in [0.717, 1.165) is 24.9 Å². The Morgan fingerprint density at radius 2 is 1.97 bits per heavy atom. The predicted octanol–water partition coefficient (Wildman–Crippen LogP) is 2.73. The van der Waals surface area contributed by atoms with Crippen LogP contribution in [0.1, 0.15) is 38.7 Å². The first-order valence-electron chi connectivity index (χ1n) is 10.6. The highest BCUT2D eigenvalue weighted by molar-refractivity contribution is 14.0.